The molecular formula is C90H59B2N5OSe. The predicted octanol–water partition coefficient (Wildman–Crippen LogP) is 19.8. The molecule has 15 aromatic carbocycles. The Morgan fingerprint density at radius 2 is 0.737 bits per heavy atom. The van der Waals surface area contributed by atoms with Gasteiger partial charge < -0.3 is 0 Å². The molecule has 462 valence electrons. The molecule has 0 unspecified atom stereocenters. The summed E-state index contributed by atoms with van der Waals surface area (Å²) in [4.78, 5) is 12.6. The number of rotatable bonds is 11. The molecule has 0 fully saturated rings. The van der Waals surface area contributed by atoms with Crippen LogP contribution in [-0.4, -0.2) is 27.9 Å². The van der Waals surface area contributed by atoms with Crippen LogP contribution in [0.5, 0.6) is 11.5 Å². The molecule has 0 aliphatic carbocycles. The molecule has 99 heavy (non-hydrogen) atoms. The fourth-order valence-corrected chi connectivity index (χ4v) is 18.8. The van der Waals surface area contributed by atoms with E-state index in [-0.39, 0.29) is 27.9 Å². The van der Waals surface area contributed by atoms with Gasteiger partial charge in [0.2, 0.25) is 0 Å². The summed E-state index contributed by atoms with van der Waals surface area (Å²) in [5.74, 6) is 1.66. The number of ether oxygens (including phenoxy) is 1. The van der Waals surface area contributed by atoms with Crippen LogP contribution in [0.4, 0.5) is 85.3 Å². The van der Waals surface area contributed by atoms with Crippen molar-refractivity contribution < 1.29 is 4.74 Å². The van der Waals surface area contributed by atoms with E-state index < -0.39 is 0 Å². The Hall–Kier alpha value is -12.3. The van der Waals surface area contributed by atoms with E-state index in [0.29, 0.717) is 0 Å². The number of hydrogen-bond donors (Lipinski definition) is 0. The third-order valence-corrected chi connectivity index (χ3v) is 22.9. The molecule has 4 aliphatic rings. The number of para-hydroxylation sites is 8. The fraction of sp³-hybridized carbons (Fsp3) is 0. The first-order valence-corrected chi connectivity index (χ1v) is 35.7. The van der Waals surface area contributed by atoms with E-state index in [9.17, 15) is 0 Å². The van der Waals surface area contributed by atoms with Gasteiger partial charge in [-0.15, -0.1) is 0 Å². The summed E-state index contributed by atoms with van der Waals surface area (Å²) in [5, 5.41) is 2.60. The average molecular weight is 1330 g/mol. The summed E-state index contributed by atoms with van der Waals surface area (Å²) in [6, 6.07) is 132. The first-order chi connectivity index (χ1) is 49.2. The molecule has 0 radical (unpaired) electrons. The van der Waals surface area contributed by atoms with Gasteiger partial charge in [-0.2, -0.15) is 0 Å². The van der Waals surface area contributed by atoms with Crippen LogP contribution in [0.2, 0.25) is 0 Å². The van der Waals surface area contributed by atoms with Crippen molar-refractivity contribution in [2.45, 2.75) is 0 Å². The van der Waals surface area contributed by atoms with Gasteiger partial charge >= 0.3 is 483 Å². The van der Waals surface area contributed by atoms with E-state index in [2.05, 4.69) is 382 Å². The molecule has 16 aromatic rings. The standard InChI is InChI=1S/C90H59B2N5OSe/c1-7-30-60(31-8-1)68-42-19-24-48-76(68)94(64-38-15-5-16-39-64)66-54-82-88-83(55-66)97(80-52-29-45-71-70-44-21-28-53-87(70)99-90(71)80)81-59-85-75(58-74(81)91(88)73-47-23-27-51-79(73)96(82)77-49-25-20-43-69(77)61-32-9-2-10-33-61)92-72-46-22-26-50-78(72)95(65-40-17-6-18-41-65)84-56-67(57-86(98-85)89(84)92)93(62-34-11-3-12-35-62)63-36-13-4-14-37-63/h1-59H. The molecule has 0 bridgehead atoms. The van der Waals surface area contributed by atoms with Crippen molar-refractivity contribution in [3.05, 3.63) is 358 Å². The summed E-state index contributed by atoms with van der Waals surface area (Å²) in [5.41, 5.74) is 28.0. The van der Waals surface area contributed by atoms with Crippen LogP contribution in [0.25, 0.3) is 41.5 Å². The maximum atomic E-state index is 7.91. The molecule has 0 amide bonds. The second-order valence-electron chi connectivity index (χ2n) is 25.8. The Morgan fingerprint density at radius 3 is 1.39 bits per heavy atom. The maximum absolute atomic E-state index is 7.91. The van der Waals surface area contributed by atoms with Gasteiger partial charge in [-0.1, -0.05) is 66.7 Å². The molecule has 20 rings (SSSR count). The molecule has 0 atom stereocenters. The first-order valence-electron chi connectivity index (χ1n) is 34.0. The van der Waals surface area contributed by atoms with Crippen molar-refractivity contribution in [2.75, 3.05) is 24.5 Å². The summed E-state index contributed by atoms with van der Waals surface area (Å²) >= 11 is -0.0224. The Kier molecular flexibility index (Phi) is 13.4. The van der Waals surface area contributed by atoms with Crippen LogP contribution in [0.15, 0.2) is 358 Å². The van der Waals surface area contributed by atoms with E-state index in [1.54, 1.807) is 0 Å². The molecule has 9 heteroatoms. The molecule has 0 N–H and O–H groups in total. The monoisotopic (exact) mass is 1330 g/mol. The van der Waals surface area contributed by atoms with E-state index in [0.717, 1.165) is 130 Å². The predicted molar refractivity (Wildman–Crippen MR) is 419 cm³/mol. The van der Waals surface area contributed by atoms with Gasteiger partial charge in [0.1, 0.15) is 0 Å². The first kappa shape index (κ1) is 57.0. The Morgan fingerprint density at radius 1 is 0.273 bits per heavy atom. The SMILES string of the molecule is c1ccc(-c2ccccc2N(c2ccccc2)c2cc3c4c(c2)N(c2cccc5c2[se]c2ccccc25)c2cc5c(cc2B4c2ccccc2N3c2ccccc2-c2ccccc2)B2c3ccccc3N(c3ccccc3)c3cc(N(c4ccccc4)c4ccccc4)cc(c32)O5)cc1. The molecule has 4 aliphatic heterocycles. The normalized spacial score (nSPS) is 12.8. The van der Waals surface area contributed by atoms with Crippen molar-refractivity contribution in [1.29, 1.82) is 0 Å². The van der Waals surface area contributed by atoms with Crippen LogP contribution in [-0.2, 0) is 0 Å². The molecule has 5 heterocycles. The minimum absolute atomic E-state index is 0.0224. The molecule has 0 saturated heterocycles. The number of nitrogens with zero attached hydrogens (tertiary/aromatic N) is 5. The summed E-state index contributed by atoms with van der Waals surface area (Å²) < 4.78 is 10.7. The number of hydrogen-bond acceptors (Lipinski definition) is 6. The Balaban J connectivity index is 0.904. The van der Waals surface area contributed by atoms with Crippen molar-refractivity contribution in [1.82, 2.24) is 0 Å². The van der Waals surface area contributed by atoms with E-state index >= 15 is 0 Å². The van der Waals surface area contributed by atoms with Gasteiger partial charge in [0.15, 0.2) is 0 Å². The molecule has 1 aromatic heterocycles. The summed E-state index contributed by atoms with van der Waals surface area (Å²) in [6.45, 7) is -0.435. The molecular weight excluding hydrogens is 1270 g/mol. The van der Waals surface area contributed by atoms with Gasteiger partial charge in [-0.05, 0) is 36.4 Å². The molecule has 0 saturated carbocycles. The zero-order valence-electron chi connectivity index (χ0n) is 53.8. The zero-order valence-corrected chi connectivity index (χ0v) is 55.5. The van der Waals surface area contributed by atoms with Crippen molar-refractivity contribution in [3.63, 3.8) is 0 Å². The number of anilines is 15. The second kappa shape index (κ2) is 23.3. The van der Waals surface area contributed by atoms with Crippen LogP contribution in [0.3, 0.4) is 0 Å². The van der Waals surface area contributed by atoms with Crippen LogP contribution in [0, 0.1) is 0 Å². The van der Waals surface area contributed by atoms with Crippen LogP contribution in [0.1, 0.15) is 0 Å². The van der Waals surface area contributed by atoms with E-state index in [1.807, 2.05) is 0 Å². The van der Waals surface area contributed by atoms with Gasteiger partial charge in [0.25, 0.3) is 0 Å². The molecule has 0 spiro atoms. The molecule has 6 nitrogen and oxygen atoms in total. The average Bonchev–Trinajstić information content (AvgIpc) is 0.802. The van der Waals surface area contributed by atoms with Crippen LogP contribution < -0.4 is 62.0 Å². The second-order valence-corrected chi connectivity index (χ2v) is 28.1. The third-order valence-electron chi connectivity index (χ3n) is 20.4. The van der Waals surface area contributed by atoms with Crippen molar-refractivity contribution >= 4 is 165 Å². The Bertz CT molecular complexity index is 5800. The van der Waals surface area contributed by atoms with Gasteiger partial charge in [-0.25, -0.2) is 0 Å². The third kappa shape index (κ3) is 9.12. The zero-order chi connectivity index (χ0) is 65.1. The van der Waals surface area contributed by atoms with Crippen LogP contribution >= 0.6 is 0 Å². The summed E-state index contributed by atoms with van der Waals surface area (Å²) in [7, 11) is 0. The minimum atomic E-state index is -0.230. The van der Waals surface area contributed by atoms with Gasteiger partial charge in [0, 0.05) is 0 Å². The van der Waals surface area contributed by atoms with Crippen molar-refractivity contribution in [2.24, 2.45) is 0 Å². The van der Waals surface area contributed by atoms with Gasteiger partial charge in [0.05, 0.1) is 0 Å². The van der Waals surface area contributed by atoms with E-state index in [1.165, 1.54) is 41.1 Å². The van der Waals surface area contributed by atoms with E-state index in [4.69, 9.17) is 4.74 Å². The summed E-state index contributed by atoms with van der Waals surface area (Å²) in [6.07, 6.45) is 0. The number of fused-ring (bicyclic) bond motifs is 11. The van der Waals surface area contributed by atoms with Gasteiger partial charge in [-0.3, -0.25) is 0 Å². The topological polar surface area (TPSA) is 25.4 Å². The quantitative estimate of drug-likeness (QED) is 0.120. The Labute approximate surface area is 582 Å². The fourth-order valence-electron chi connectivity index (χ4n) is 16.3. The number of benzene rings is 15. The van der Waals surface area contributed by atoms with Crippen molar-refractivity contribution in [3.8, 4) is 33.8 Å².